The molecule has 0 aliphatic heterocycles. The van der Waals surface area contributed by atoms with Crippen molar-refractivity contribution in [2.45, 2.75) is 24.7 Å². The Labute approximate surface area is 198 Å². The van der Waals surface area contributed by atoms with Gasteiger partial charge in [-0.25, -0.2) is 13.1 Å². The van der Waals surface area contributed by atoms with Gasteiger partial charge in [0.15, 0.2) is 6.61 Å². The number of aromatic nitrogens is 1. The van der Waals surface area contributed by atoms with Crippen LogP contribution in [0.2, 0.25) is 5.02 Å². The molecule has 2 aromatic carbocycles. The average Bonchev–Trinajstić information content (AvgIpc) is 2.81. The van der Waals surface area contributed by atoms with Crippen LogP contribution in [0.15, 0.2) is 59.6 Å². The van der Waals surface area contributed by atoms with Crippen molar-refractivity contribution in [1.29, 1.82) is 0 Å². The molecule has 0 saturated heterocycles. The number of hydrogen-bond acceptors (Lipinski definition) is 6. The van der Waals surface area contributed by atoms with E-state index in [9.17, 15) is 13.2 Å². The second-order valence-corrected chi connectivity index (χ2v) is 9.51. The van der Waals surface area contributed by atoms with Crippen LogP contribution in [-0.2, 0) is 14.8 Å². The van der Waals surface area contributed by atoms with Gasteiger partial charge in [0, 0.05) is 41.9 Å². The third-order valence-electron chi connectivity index (χ3n) is 4.74. The molecule has 0 spiro atoms. The van der Waals surface area contributed by atoms with Gasteiger partial charge in [-0.3, -0.25) is 9.78 Å². The van der Waals surface area contributed by atoms with Crippen molar-refractivity contribution in [3.8, 4) is 5.75 Å². The summed E-state index contributed by atoms with van der Waals surface area (Å²) in [6, 6.07) is 13.4. The van der Waals surface area contributed by atoms with E-state index >= 15 is 0 Å². The molecule has 0 aliphatic carbocycles. The number of hydrogen-bond donors (Lipinski definition) is 3. The Morgan fingerprint density at radius 1 is 1.06 bits per heavy atom. The molecule has 0 fully saturated rings. The Balaban J connectivity index is 1.37. The molecular formula is C23H27ClN4O4S. The molecule has 3 aromatic rings. The van der Waals surface area contributed by atoms with Gasteiger partial charge in [-0.15, -0.1) is 0 Å². The number of carbonyl (C=O) groups excluding carboxylic acids is 1. The van der Waals surface area contributed by atoms with Crippen molar-refractivity contribution in [3.05, 3.63) is 59.8 Å². The van der Waals surface area contributed by atoms with E-state index in [1.165, 1.54) is 24.3 Å². The molecule has 1 amide bonds. The average molecular weight is 491 g/mol. The quantitative estimate of drug-likeness (QED) is 0.335. The monoisotopic (exact) mass is 490 g/mol. The summed E-state index contributed by atoms with van der Waals surface area (Å²) in [5.41, 5.74) is 1.78. The van der Waals surface area contributed by atoms with Crippen LogP contribution in [0.1, 0.15) is 19.8 Å². The normalized spacial score (nSPS) is 11.3. The fourth-order valence-corrected chi connectivity index (χ4v) is 4.35. The number of pyridine rings is 1. The minimum absolute atomic E-state index is 0.149. The second-order valence-electron chi connectivity index (χ2n) is 7.31. The standard InChI is InChI=1S/C23H27ClN4O4S/c1-2-11-28-33(30,31)19-7-5-18(6-8-19)32-16-23(29)27-13-3-12-25-21-10-14-26-22-15-17(24)4-9-20(21)22/h4-10,14-15,28H,2-3,11-13,16H2,1H3,(H,25,26)(H,27,29). The molecule has 1 heterocycles. The van der Waals surface area contributed by atoms with Gasteiger partial charge in [-0.05, 0) is 61.4 Å². The first kappa shape index (κ1) is 24.8. The second kappa shape index (κ2) is 11.8. The van der Waals surface area contributed by atoms with Crippen molar-refractivity contribution in [3.63, 3.8) is 0 Å². The first-order valence-electron chi connectivity index (χ1n) is 10.7. The lowest BCUT2D eigenvalue weighted by atomic mass is 10.2. The van der Waals surface area contributed by atoms with Gasteiger partial charge in [0.1, 0.15) is 5.75 Å². The lowest BCUT2D eigenvalue weighted by Crippen LogP contribution is -2.30. The predicted molar refractivity (Wildman–Crippen MR) is 130 cm³/mol. The first-order valence-corrected chi connectivity index (χ1v) is 12.5. The molecule has 3 rings (SSSR count). The zero-order valence-electron chi connectivity index (χ0n) is 18.3. The molecule has 1 aromatic heterocycles. The molecule has 0 saturated carbocycles. The number of benzene rings is 2. The molecule has 33 heavy (non-hydrogen) atoms. The Bertz CT molecular complexity index is 1190. The van der Waals surface area contributed by atoms with E-state index in [4.69, 9.17) is 16.3 Å². The van der Waals surface area contributed by atoms with Gasteiger partial charge in [-0.1, -0.05) is 18.5 Å². The van der Waals surface area contributed by atoms with Crippen LogP contribution in [0.25, 0.3) is 10.9 Å². The Morgan fingerprint density at radius 2 is 1.85 bits per heavy atom. The lowest BCUT2D eigenvalue weighted by Gasteiger charge is -2.11. The van der Waals surface area contributed by atoms with Crippen LogP contribution in [0.4, 0.5) is 5.69 Å². The van der Waals surface area contributed by atoms with Gasteiger partial charge in [-0.2, -0.15) is 0 Å². The molecule has 0 aliphatic rings. The van der Waals surface area contributed by atoms with Crippen molar-refractivity contribution < 1.29 is 17.9 Å². The van der Waals surface area contributed by atoms with Crippen LogP contribution in [0.5, 0.6) is 5.75 Å². The van der Waals surface area contributed by atoms with E-state index in [1.807, 2.05) is 31.2 Å². The molecular weight excluding hydrogens is 464 g/mol. The van der Waals surface area contributed by atoms with E-state index in [-0.39, 0.29) is 17.4 Å². The number of anilines is 1. The molecule has 0 bridgehead atoms. The Hall–Kier alpha value is -2.88. The highest BCUT2D eigenvalue weighted by molar-refractivity contribution is 7.89. The van der Waals surface area contributed by atoms with E-state index < -0.39 is 10.0 Å². The van der Waals surface area contributed by atoms with E-state index in [1.54, 1.807) is 6.20 Å². The zero-order valence-corrected chi connectivity index (χ0v) is 19.9. The topological polar surface area (TPSA) is 109 Å². The van der Waals surface area contributed by atoms with E-state index in [0.29, 0.717) is 36.8 Å². The van der Waals surface area contributed by atoms with Crippen LogP contribution in [0.3, 0.4) is 0 Å². The van der Waals surface area contributed by atoms with Crippen LogP contribution in [-0.4, -0.2) is 45.6 Å². The number of nitrogens with one attached hydrogen (secondary N) is 3. The number of carbonyl (C=O) groups is 1. The summed E-state index contributed by atoms with van der Waals surface area (Å²) >= 11 is 6.01. The fraction of sp³-hybridized carbons (Fsp3) is 0.304. The van der Waals surface area contributed by atoms with E-state index in [0.717, 1.165) is 23.0 Å². The summed E-state index contributed by atoms with van der Waals surface area (Å²) in [4.78, 5) is 16.5. The summed E-state index contributed by atoms with van der Waals surface area (Å²) in [6.45, 7) is 3.28. The van der Waals surface area contributed by atoms with Crippen molar-refractivity contribution in [1.82, 2.24) is 15.0 Å². The van der Waals surface area contributed by atoms with Gasteiger partial charge in [0.05, 0.1) is 10.4 Å². The first-order chi connectivity index (χ1) is 15.9. The minimum atomic E-state index is -3.52. The third-order valence-corrected chi connectivity index (χ3v) is 6.45. The van der Waals surface area contributed by atoms with Crippen molar-refractivity contribution in [2.75, 3.05) is 31.6 Å². The minimum Gasteiger partial charge on any atom is -0.484 e. The van der Waals surface area contributed by atoms with Gasteiger partial charge in [0.2, 0.25) is 10.0 Å². The highest BCUT2D eigenvalue weighted by Crippen LogP contribution is 2.24. The zero-order chi connectivity index (χ0) is 23.7. The Morgan fingerprint density at radius 3 is 2.61 bits per heavy atom. The van der Waals surface area contributed by atoms with E-state index in [2.05, 4.69) is 20.3 Å². The third kappa shape index (κ3) is 7.31. The number of ether oxygens (including phenoxy) is 1. The highest BCUT2D eigenvalue weighted by Gasteiger charge is 2.13. The predicted octanol–water partition coefficient (Wildman–Crippen LogP) is 3.57. The number of halogens is 1. The van der Waals surface area contributed by atoms with Crippen LogP contribution in [0, 0.1) is 0 Å². The maximum atomic E-state index is 12.1. The Kier molecular flexibility index (Phi) is 8.87. The number of nitrogens with zero attached hydrogens (tertiary/aromatic N) is 1. The number of fused-ring (bicyclic) bond motifs is 1. The molecule has 10 heteroatoms. The molecule has 0 atom stereocenters. The maximum absolute atomic E-state index is 12.1. The molecule has 8 nitrogen and oxygen atoms in total. The summed E-state index contributed by atoms with van der Waals surface area (Å²) in [5.74, 6) is 0.172. The van der Waals surface area contributed by atoms with Gasteiger partial charge < -0.3 is 15.4 Å². The summed E-state index contributed by atoms with van der Waals surface area (Å²) in [6.07, 6.45) is 3.16. The van der Waals surface area contributed by atoms with Crippen molar-refractivity contribution >= 4 is 44.1 Å². The number of amides is 1. The number of rotatable bonds is 12. The molecule has 176 valence electrons. The van der Waals surface area contributed by atoms with Crippen molar-refractivity contribution in [2.24, 2.45) is 0 Å². The highest BCUT2D eigenvalue weighted by atomic mass is 35.5. The summed E-state index contributed by atoms with van der Waals surface area (Å²) in [5, 5.41) is 7.78. The maximum Gasteiger partial charge on any atom is 0.257 e. The summed E-state index contributed by atoms with van der Waals surface area (Å²) < 4.78 is 32.1. The van der Waals surface area contributed by atoms with Gasteiger partial charge >= 0.3 is 0 Å². The molecule has 3 N–H and O–H groups in total. The van der Waals surface area contributed by atoms with Crippen LogP contribution >= 0.6 is 11.6 Å². The molecule has 0 unspecified atom stereocenters. The smallest absolute Gasteiger partial charge is 0.257 e. The summed E-state index contributed by atoms with van der Waals surface area (Å²) in [7, 11) is -3.52. The lowest BCUT2D eigenvalue weighted by molar-refractivity contribution is -0.123. The number of sulfonamides is 1. The fourth-order valence-electron chi connectivity index (χ4n) is 3.05. The van der Waals surface area contributed by atoms with Crippen LogP contribution < -0.4 is 20.1 Å². The largest absolute Gasteiger partial charge is 0.484 e. The molecule has 0 radical (unpaired) electrons. The SMILES string of the molecule is CCCNS(=O)(=O)c1ccc(OCC(=O)NCCCNc2ccnc3cc(Cl)ccc23)cc1. The van der Waals surface area contributed by atoms with Gasteiger partial charge in [0.25, 0.3) is 5.91 Å².